The van der Waals surface area contributed by atoms with Gasteiger partial charge in [-0.25, -0.2) is 0 Å². The predicted molar refractivity (Wildman–Crippen MR) is 111 cm³/mol. The van der Waals surface area contributed by atoms with Crippen LogP contribution >= 0.6 is 0 Å². The van der Waals surface area contributed by atoms with E-state index in [-0.39, 0.29) is 0 Å². The van der Waals surface area contributed by atoms with E-state index in [2.05, 4.69) is 37.3 Å². The van der Waals surface area contributed by atoms with Crippen molar-refractivity contribution >= 4 is 10.9 Å². The summed E-state index contributed by atoms with van der Waals surface area (Å²) in [6.07, 6.45) is 1.03. The molecule has 2 heterocycles. The van der Waals surface area contributed by atoms with Crippen molar-refractivity contribution < 1.29 is 20.1 Å². The third-order valence-corrected chi connectivity index (χ3v) is 6.53. The first-order valence-corrected chi connectivity index (χ1v) is 10.4. The van der Waals surface area contributed by atoms with Crippen LogP contribution in [-0.2, 0) is 17.6 Å². The van der Waals surface area contributed by atoms with Gasteiger partial charge >= 0.3 is 0 Å². The van der Waals surface area contributed by atoms with Crippen LogP contribution in [0.25, 0.3) is 10.9 Å². The Kier molecular flexibility index (Phi) is 4.51. The number of hydrogen-bond donors (Lipinski definition) is 3. The lowest BCUT2D eigenvalue weighted by molar-refractivity contribution is -0.255. The van der Waals surface area contributed by atoms with Crippen LogP contribution in [0.3, 0.4) is 0 Å². The highest BCUT2D eigenvalue weighted by Gasteiger charge is 2.60. The maximum atomic E-state index is 10.7. The van der Waals surface area contributed by atoms with E-state index in [1.807, 2.05) is 29.0 Å². The number of hydrogen-bond acceptors (Lipinski definition) is 4. The summed E-state index contributed by atoms with van der Waals surface area (Å²) in [6, 6.07) is 16.7. The van der Waals surface area contributed by atoms with Crippen molar-refractivity contribution in [3.63, 3.8) is 0 Å². The van der Waals surface area contributed by atoms with E-state index < -0.39 is 30.1 Å². The number of aliphatic hydroxyl groups is 3. The van der Waals surface area contributed by atoms with Crippen LogP contribution in [-0.4, -0.2) is 43.8 Å². The standard InChI is InChI=1S/C24H27NO4/c1-2-15-7-9-16(10-8-15)13-17-14-25(19-6-4-3-5-18(17)19)23-21(27)20(26)22(28)24(29-23)11-12-24/h3-10,14,20-23,26-28H,2,11-13H2,1H3/t20-,21-,22+,23-/m1/s1. The number of fused-ring (bicyclic) bond motifs is 1. The normalized spacial score (nSPS) is 28.1. The zero-order chi connectivity index (χ0) is 20.2. The highest BCUT2D eigenvalue weighted by molar-refractivity contribution is 5.84. The van der Waals surface area contributed by atoms with Gasteiger partial charge in [-0.1, -0.05) is 49.4 Å². The molecule has 1 spiro atoms. The van der Waals surface area contributed by atoms with Gasteiger partial charge in [-0.3, -0.25) is 0 Å². The lowest BCUT2D eigenvalue weighted by Gasteiger charge is -2.42. The van der Waals surface area contributed by atoms with Gasteiger partial charge in [0.15, 0.2) is 6.23 Å². The van der Waals surface area contributed by atoms with Crippen molar-refractivity contribution in [1.82, 2.24) is 4.57 Å². The fourth-order valence-corrected chi connectivity index (χ4v) is 4.55. The molecule has 0 bridgehead atoms. The average molecular weight is 393 g/mol. The summed E-state index contributed by atoms with van der Waals surface area (Å²) in [5.74, 6) is 0. The molecule has 29 heavy (non-hydrogen) atoms. The Morgan fingerprint density at radius 3 is 2.34 bits per heavy atom. The maximum absolute atomic E-state index is 10.7. The van der Waals surface area contributed by atoms with Crippen LogP contribution in [0.1, 0.15) is 42.7 Å². The fraction of sp³-hybridized carbons (Fsp3) is 0.417. The number of aryl methyl sites for hydroxylation is 1. The minimum atomic E-state index is -1.22. The third-order valence-electron chi connectivity index (χ3n) is 6.53. The van der Waals surface area contributed by atoms with Gasteiger partial charge < -0.3 is 24.6 Å². The van der Waals surface area contributed by atoms with E-state index in [4.69, 9.17) is 4.74 Å². The van der Waals surface area contributed by atoms with E-state index in [0.717, 1.165) is 29.3 Å². The summed E-state index contributed by atoms with van der Waals surface area (Å²) in [4.78, 5) is 0. The Morgan fingerprint density at radius 1 is 0.966 bits per heavy atom. The molecule has 5 heteroatoms. The molecule has 1 aromatic heterocycles. The van der Waals surface area contributed by atoms with E-state index in [1.54, 1.807) is 0 Å². The summed E-state index contributed by atoms with van der Waals surface area (Å²) in [5.41, 5.74) is 3.91. The van der Waals surface area contributed by atoms with Gasteiger partial charge in [0.1, 0.15) is 18.3 Å². The first kappa shape index (κ1) is 18.8. The van der Waals surface area contributed by atoms with Crippen LogP contribution in [0.4, 0.5) is 0 Å². The second-order valence-electron chi connectivity index (χ2n) is 8.42. The van der Waals surface area contributed by atoms with Gasteiger partial charge in [-0.2, -0.15) is 0 Å². The average Bonchev–Trinajstić information content (AvgIpc) is 3.45. The Labute approximate surface area is 170 Å². The monoisotopic (exact) mass is 393 g/mol. The molecule has 2 aromatic carbocycles. The molecule has 5 nitrogen and oxygen atoms in total. The van der Waals surface area contributed by atoms with Crippen molar-refractivity contribution in [3.8, 4) is 0 Å². The quantitative estimate of drug-likeness (QED) is 0.637. The van der Waals surface area contributed by atoms with E-state index in [9.17, 15) is 15.3 Å². The fourth-order valence-electron chi connectivity index (χ4n) is 4.55. The van der Waals surface area contributed by atoms with Crippen LogP contribution in [0.15, 0.2) is 54.7 Å². The largest absolute Gasteiger partial charge is 0.387 e. The molecule has 2 aliphatic rings. The van der Waals surface area contributed by atoms with Crippen molar-refractivity contribution in [2.24, 2.45) is 0 Å². The predicted octanol–water partition coefficient (Wildman–Crippen LogP) is 2.94. The maximum Gasteiger partial charge on any atom is 0.163 e. The number of benzene rings is 2. The Hall–Kier alpha value is -2.18. The van der Waals surface area contributed by atoms with Gasteiger partial charge in [-0.15, -0.1) is 0 Å². The molecule has 5 rings (SSSR count). The Balaban J connectivity index is 1.53. The Morgan fingerprint density at radius 2 is 1.66 bits per heavy atom. The molecule has 152 valence electrons. The number of para-hydroxylation sites is 1. The van der Waals surface area contributed by atoms with Crippen LogP contribution in [0.5, 0.6) is 0 Å². The molecule has 1 aliphatic heterocycles. The zero-order valence-corrected chi connectivity index (χ0v) is 16.5. The highest BCUT2D eigenvalue weighted by atomic mass is 16.6. The molecule has 0 radical (unpaired) electrons. The third kappa shape index (κ3) is 3.09. The van der Waals surface area contributed by atoms with Crippen LogP contribution < -0.4 is 0 Å². The molecule has 1 aliphatic carbocycles. The van der Waals surface area contributed by atoms with Crippen LogP contribution in [0, 0.1) is 0 Å². The minimum absolute atomic E-state index is 0.699. The first-order valence-electron chi connectivity index (χ1n) is 10.4. The van der Waals surface area contributed by atoms with Crippen molar-refractivity contribution in [2.75, 3.05) is 0 Å². The lowest BCUT2D eigenvalue weighted by Crippen LogP contribution is -2.56. The minimum Gasteiger partial charge on any atom is -0.387 e. The molecule has 0 unspecified atom stereocenters. The van der Waals surface area contributed by atoms with E-state index in [1.165, 1.54) is 11.1 Å². The number of aromatic nitrogens is 1. The summed E-state index contributed by atoms with van der Waals surface area (Å²) < 4.78 is 8.09. The van der Waals surface area contributed by atoms with Crippen molar-refractivity contribution in [3.05, 3.63) is 71.4 Å². The molecule has 3 N–H and O–H groups in total. The smallest absolute Gasteiger partial charge is 0.163 e. The molecule has 2 fully saturated rings. The second-order valence-corrected chi connectivity index (χ2v) is 8.42. The Bertz CT molecular complexity index is 1020. The molecular weight excluding hydrogens is 366 g/mol. The number of ether oxygens (including phenoxy) is 1. The lowest BCUT2D eigenvalue weighted by atomic mass is 9.96. The molecule has 1 saturated carbocycles. The molecule has 1 saturated heterocycles. The topological polar surface area (TPSA) is 74.9 Å². The summed E-state index contributed by atoms with van der Waals surface area (Å²) in [5, 5.41) is 32.5. The summed E-state index contributed by atoms with van der Waals surface area (Å²) in [6.45, 7) is 2.15. The second kappa shape index (κ2) is 6.96. The molecule has 4 atom stereocenters. The van der Waals surface area contributed by atoms with Crippen molar-refractivity contribution in [2.45, 2.75) is 62.7 Å². The van der Waals surface area contributed by atoms with Crippen molar-refractivity contribution in [1.29, 1.82) is 0 Å². The van der Waals surface area contributed by atoms with Gasteiger partial charge in [0, 0.05) is 11.6 Å². The highest BCUT2D eigenvalue weighted by Crippen LogP contribution is 2.51. The SMILES string of the molecule is CCc1ccc(Cc2cn([C@@H]3OC4(CC4)[C@@H](O)[C@H](O)[C@H]3O)c3ccccc23)cc1. The number of aliphatic hydroxyl groups excluding tert-OH is 3. The summed E-state index contributed by atoms with van der Waals surface area (Å²) >= 11 is 0. The first-order chi connectivity index (χ1) is 14.0. The summed E-state index contributed by atoms with van der Waals surface area (Å²) in [7, 11) is 0. The molecule has 3 aromatic rings. The van der Waals surface area contributed by atoms with Crippen LogP contribution in [0.2, 0.25) is 0 Å². The van der Waals surface area contributed by atoms with E-state index in [0.29, 0.717) is 12.8 Å². The van der Waals surface area contributed by atoms with Gasteiger partial charge in [0.05, 0.1) is 11.1 Å². The molecular formula is C24H27NO4. The van der Waals surface area contributed by atoms with Gasteiger partial charge in [0.25, 0.3) is 0 Å². The number of nitrogens with zero attached hydrogens (tertiary/aromatic N) is 1. The number of rotatable bonds is 4. The van der Waals surface area contributed by atoms with E-state index >= 15 is 0 Å². The zero-order valence-electron chi connectivity index (χ0n) is 16.5. The van der Waals surface area contributed by atoms with Gasteiger partial charge in [-0.05, 0) is 48.4 Å². The van der Waals surface area contributed by atoms with Gasteiger partial charge in [0.2, 0.25) is 0 Å². The molecule has 0 amide bonds.